The summed E-state index contributed by atoms with van der Waals surface area (Å²) >= 11 is 6.00. The molecule has 0 spiro atoms. The van der Waals surface area contributed by atoms with Crippen molar-refractivity contribution in [2.24, 2.45) is 0 Å². The Labute approximate surface area is 96.2 Å². The maximum absolute atomic E-state index is 6.00. The molecule has 1 aromatic rings. The molecule has 82 valence electrons. The zero-order chi connectivity index (χ0) is 10.7. The van der Waals surface area contributed by atoms with E-state index < -0.39 is 0 Å². The minimum absolute atomic E-state index is 0.548. The molecule has 1 aliphatic heterocycles. The van der Waals surface area contributed by atoms with E-state index in [1.807, 2.05) is 18.2 Å². The third kappa shape index (κ3) is 2.86. The second-order valence-electron chi connectivity index (χ2n) is 4.13. The number of benzene rings is 1. The van der Waals surface area contributed by atoms with Gasteiger partial charge in [-0.2, -0.15) is 0 Å². The molecule has 2 rings (SSSR count). The Morgan fingerprint density at radius 3 is 3.13 bits per heavy atom. The van der Waals surface area contributed by atoms with E-state index in [4.69, 9.17) is 11.6 Å². The lowest BCUT2D eigenvalue weighted by molar-refractivity contribution is 0.585. The summed E-state index contributed by atoms with van der Waals surface area (Å²) in [6.07, 6.45) is 1.19. The molecule has 15 heavy (non-hydrogen) atoms. The summed E-state index contributed by atoms with van der Waals surface area (Å²) in [5.41, 5.74) is 1.23. The first-order chi connectivity index (χ1) is 7.25. The molecule has 0 saturated carbocycles. The van der Waals surface area contributed by atoms with Crippen molar-refractivity contribution in [3.8, 4) is 0 Å². The van der Waals surface area contributed by atoms with Gasteiger partial charge in [0.05, 0.1) is 0 Å². The average molecular weight is 225 g/mol. The van der Waals surface area contributed by atoms with Crippen molar-refractivity contribution in [1.82, 2.24) is 5.32 Å². The predicted octanol–water partition coefficient (Wildman–Crippen LogP) is 2.53. The van der Waals surface area contributed by atoms with Crippen molar-refractivity contribution in [2.45, 2.75) is 19.4 Å². The highest BCUT2D eigenvalue weighted by Crippen LogP contribution is 2.20. The molecule has 1 N–H and O–H groups in total. The first-order valence-electron chi connectivity index (χ1n) is 5.49. The minimum atomic E-state index is 0.548. The van der Waals surface area contributed by atoms with Gasteiger partial charge in [0.15, 0.2) is 0 Å². The fourth-order valence-corrected chi connectivity index (χ4v) is 2.20. The van der Waals surface area contributed by atoms with Crippen molar-refractivity contribution < 1.29 is 0 Å². The van der Waals surface area contributed by atoms with Crippen LogP contribution in [0.25, 0.3) is 0 Å². The highest BCUT2D eigenvalue weighted by atomic mass is 35.5. The van der Waals surface area contributed by atoms with Crippen LogP contribution in [0.3, 0.4) is 0 Å². The van der Waals surface area contributed by atoms with Crippen LogP contribution in [0, 0.1) is 0 Å². The third-order valence-electron chi connectivity index (χ3n) is 2.77. The lowest BCUT2D eigenvalue weighted by atomic mass is 10.2. The number of hydrogen-bond donors (Lipinski definition) is 1. The van der Waals surface area contributed by atoms with Gasteiger partial charge < -0.3 is 10.2 Å². The maximum atomic E-state index is 6.00. The number of hydrogen-bond acceptors (Lipinski definition) is 2. The highest BCUT2D eigenvalue weighted by molar-refractivity contribution is 6.30. The number of nitrogens with one attached hydrogen (secondary N) is 1. The summed E-state index contributed by atoms with van der Waals surface area (Å²) in [6, 6.07) is 8.65. The van der Waals surface area contributed by atoms with Gasteiger partial charge in [0.25, 0.3) is 0 Å². The van der Waals surface area contributed by atoms with Crippen molar-refractivity contribution >= 4 is 17.3 Å². The summed E-state index contributed by atoms with van der Waals surface area (Å²) in [5, 5.41) is 4.30. The van der Waals surface area contributed by atoms with Crippen LogP contribution in [0.15, 0.2) is 24.3 Å². The van der Waals surface area contributed by atoms with Crippen LogP contribution in [-0.2, 0) is 0 Å². The molecule has 1 heterocycles. The molecule has 1 aliphatic rings. The summed E-state index contributed by atoms with van der Waals surface area (Å²) in [4.78, 5) is 2.40. The SMILES string of the molecule is CC1CN(c2cccc(Cl)c2)CCCN1. The first kappa shape index (κ1) is 10.8. The molecule has 0 amide bonds. The van der Waals surface area contributed by atoms with Crippen LogP contribution >= 0.6 is 11.6 Å². The summed E-state index contributed by atoms with van der Waals surface area (Å²) in [7, 11) is 0. The second-order valence-corrected chi connectivity index (χ2v) is 4.57. The van der Waals surface area contributed by atoms with E-state index in [1.165, 1.54) is 12.1 Å². The molecule has 0 aromatic heterocycles. The van der Waals surface area contributed by atoms with Crippen molar-refractivity contribution in [2.75, 3.05) is 24.5 Å². The molecule has 1 atom stereocenters. The van der Waals surface area contributed by atoms with Crippen LogP contribution < -0.4 is 10.2 Å². The van der Waals surface area contributed by atoms with E-state index in [9.17, 15) is 0 Å². The van der Waals surface area contributed by atoms with Crippen molar-refractivity contribution in [3.63, 3.8) is 0 Å². The molecule has 1 saturated heterocycles. The molecule has 0 bridgehead atoms. The van der Waals surface area contributed by atoms with Gasteiger partial charge in [-0.1, -0.05) is 17.7 Å². The van der Waals surface area contributed by atoms with Crippen LogP contribution in [0.5, 0.6) is 0 Å². The van der Waals surface area contributed by atoms with Gasteiger partial charge in [-0.05, 0) is 38.1 Å². The number of halogens is 1. The molecular weight excluding hydrogens is 208 g/mol. The fourth-order valence-electron chi connectivity index (χ4n) is 2.01. The van der Waals surface area contributed by atoms with E-state index in [0.717, 1.165) is 24.7 Å². The quantitative estimate of drug-likeness (QED) is 0.789. The highest BCUT2D eigenvalue weighted by Gasteiger charge is 2.14. The Balaban J connectivity index is 2.14. The number of nitrogens with zero attached hydrogens (tertiary/aromatic N) is 1. The standard InChI is InChI=1S/C12H17ClN2/c1-10-9-15(7-3-6-14-10)12-5-2-4-11(13)8-12/h2,4-5,8,10,14H,3,6-7,9H2,1H3. The monoisotopic (exact) mass is 224 g/mol. The van der Waals surface area contributed by atoms with Crippen LogP contribution in [0.4, 0.5) is 5.69 Å². The van der Waals surface area contributed by atoms with Crippen molar-refractivity contribution in [3.05, 3.63) is 29.3 Å². The van der Waals surface area contributed by atoms with Crippen molar-refractivity contribution in [1.29, 1.82) is 0 Å². The van der Waals surface area contributed by atoms with E-state index in [2.05, 4.69) is 23.2 Å². The van der Waals surface area contributed by atoms with Crippen LogP contribution in [0.2, 0.25) is 5.02 Å². The first-order valence-corrected chi connectivity index (χ1v) is 5.87. The lowest BCUT2D eigenvalue weighted by Crippen LogP contribution is -2.35. The van der Waals surface area contributed by atoms with Gasteiger partial charge in [-0.15, -0.1) is 0 Å². The second kappa shape index (κ2) is 4.86. The molecule has 1 fully saturated rings. The molecule has 0 aliphatic carbocycles. The van der Waals surface area contributed by atoms with Gasteiger partial charge >= 0.3 is 0 Å². The van der Waals surface area contributed by atoms with E-state index >= 15 is 0 Å². The Hall–Kier alpha value is -0.730. The number of rotatable bonds is 1. The van der Waals surface area contributed by atoms with Gasteiger partial charge in [-0.25, -0.2) is 0 Å². The lowest BCUT2D eigenvalue weighted by Gasteiger charge is -2.24. The molecule has 2 nitrogen and oxygen atoms in total. The Bertz CT molecular complexity index is 327. The Kier molecular flexibility index (Phi) is 3.49. The average Bonchev–Trinajstić information content (AvgIpc) is 2.43. The smallest absolute Gasteiger partial charge is 0.0426 e. The topological polar surface area (TPSA) is 15.3 Å². The summed E-state index contributed by atoms with van der Waals surface area (Å²) in [5.74, 6) is 0. The molecule has 1 unspecified atom stereocenters. The van der Waals surface area contributed by atoms with Gasteiger partial charge in [0.2, 0.25) is 0 Å². The molecule has 3 heteroatoms. The zero-order valence-corrected chi connectivity index (χ0v) is 9.80. The predicted molar refractivity (Wildman–Crippen MR) is 65.7 cm³/mol. The zero-order valence-electron chi connectivity index (χ0n) is 9.04. The number of anilines is 1. The van der Waals surface area contributed by atoms with E-state index in [-0.39, 0.29) is 0 Å². The fraction of sp³-hybridized carbons (Fsp3) is 0.500. The van der Waals surface area contributed by atoms with Gasteiger partial charge in [0, 0.05) is 29.8 Å². The Morgan fingerprint density at radius 2 is 2.33 bits per heavy atom. The van der Waals surface area contributed by atoms with Gasteiger partial charge in [-0.3, -0.25) is 0 Å². The molecule has 0 radical (unpaired) electrons. The third-order valence-corrected chi connectivity index (χ3v) is 3.00. The maximum Gasteiger partial charge on any atom is 0.0426 e. The van der Waals surface area contributed by atoms with Crippen LogP contribution in [0.1, 0.15) is 13.3 Å². The minimum Gasteiger partial charge on any atom is -0.370 e. The van der Waals surface area contributed by atoms with Gasteiger partial charge in [0.1, 0.15) is 0 Å². The normalized spacial score (nSPS) is 22.5. The van der Waals surface area contributed by atoms with Crippen LogP contribution in [-0.4, -0.2) is 25.7 Å². The Morgan fingerprint density at radius 1 is 1.47 bits per heavy atom. The van der Waals surface area contributed by atoms with E-state index in [1.54, 1.807) is 0 Å². The summed E-state index contributed by atoms with van der Waals surface area (Å²) in [6.45, 7) is 5.50. The molecular formula is C12H17ClN2. The molecule has 1 aromatic carbocycles. The summed E-state index contributed by atoms with van der Waals surface area (Å²) < 4.78 is 0. The van der Waals surface area contributed by atoms with E-state index in [0.29, 0.717) is 6.04 Å². The largest absolute Gasteiger partial charge is 0.370 e.